The molecule has 0 spiro atoms. The zero-order valence-corrected chi connectivity index (χ0v) is 10.2. The highest BCUT2D eigenvalue weighted by molar-refractivity contribution is 7.98. The lowest BCUT2D eigenvalue weighted by Gasteiger charge is -2.11. The highest BCUT2D eigenvalue weighted by Gasteiger charge is 2.08. The number of thioether (sulfide) groups is 1. The van der Waals surface area contributed by atoms with Crippen LogP contribution in [0.2, 0.25) is 0 Å². The lowest BCUT2D eigenvalue weighted by atomic mass is 10.3. The van der Waals surface area contributed by atoms with Crippen LogP contribution in [0.5, 0.6) is 0 Å². The maximum atomic E-state index is 10.9. The van der Waals surface area contributed by atoms with Crippen molar-refractivity contribution in [2.75, 3.05) is 30.6 Å². The molecule has 1 N–H and O–H groups in total. The maximum absolute atomic E-state index is 10.9. The van der Waals surface area contributed by atoms with Crippen molar-refractivity contribution in [1.82, 2.24) is 5.32 Å². The summed E-state index contributed by atoms with van der Waals surface area (Å²) in [5, 5.41) is 3.18. The summed E-state index contributed by atoms with van der Waals surface area (Å²) in [6.45, 7) is 2.80. The van der Waals surface area contributed by atoms with Gasteiger partial charge in [-0.25, -0.2) is 8.42 Å². The number of nitrogens with one attached hydrogen (secondary N) is 1. The number of hydrogen-bond donors (Lipinski definition) is 1. The predicted molar refractivity (Wildman–Crippen MR) is 60.2 cm³/mol. The maximum Gasteiger partial charge on any atom is 0.148 e. The molecule has 0 aromatic rings. The highest BCUT2D eigenvalue weighted by atomic mass is 32.2. The van der Waals surface area contributed by atoms with Gasteiger partial charge in [0.2, 0.25) is 0 Å². The molecule has 5 heteroatoms. The van der Waals surface area contributed by atoms with Crippen molar-refractivity contribution in [2.45, 2.75) is 19.4 Å². The van der Waals surface area contributed by atoms with Crippen LogP contribution in [0, 0.1) is 0 Å². The highest BCUT2D eigenvalue weighted by Crippen LogP contribution is 1.95. The van der Waals surface area contributed by atoms with Crippen LogP contribution in [0.1, 0.15) is 13.3 Å². The number of sulfone groups is 1. The molecule has 80 valence electrons. The standard InChI is InChI=1S/C8H19NO2S2/c1-8(7-13(3,10)11)9-5-4-6-12-2/h8-9H,4-7H2,1-3H3. The van der Waals surface area contributed by atoms with Gasteiger partial charge in [0.05, 0.1) is 5.75 Å². The van der Waals surface area contributed by atoms with E-state index >= 15 is 0 Å². The third kappa shape index (κ3) is 10.2. The molecule has 1 unspecified atom stereocenters. The molecule has 0 rings (SSSR count). The molecule has 0 fully saturated rings. The van der Waals surface area contributed by atoms with E-state index < -0.39 is 9.84 Å². The summed E-state index contributed by atoms with van der Waals surface area (Å²) in [7, 11) is -2.83. The summed E-state index contributed by atoms with van der Waals surface area (Å²) in [6.07, 6.45) is 4.43. The van der Waals surface area contributed by atoms with Crippen molar-refractivity contribution in [3.63, 3.8) is 0 Å². The van der Waals surface area contributed by atoms with Crippen LogP contribution >= 0.6 is 11.8 Å². The summed E-state index contributed by atoms with van der Waals surface area (Å²) in [5.41, 5.74) is 0. The Morgan fingerprint density at radius 1 is 1.46 bits per heavy atom. The Morgan fingerprint density at radius 3 is 2.54 bits per heavy atom. The third-order valence-corrected chi connectivity index (χ3v) is 3.37. The Hall–Kier alpha value is 0.260. The van der Waals surface area contributed by atoms with Crippen molar-refractivity contribution < 1.29 is 8.42 Å². The molecular weight excluding hydrogens is 206 g/mol. The smallest absolute Gasteiger partial charge is 0.148 e. The third-order valence-electron chi connectivity index (χ3n) is 1.57. The molecule has 0 bridgehead atoms. The van der Waals surface area contributed by atoms with Crippen molar-refractivity contribution in [1.29, 1.82) is 0 Å². The van der Waals surface area contributed by atoms with Crippen molar-refractivity contribution >= 4 is 21.6 Å². The second-order valence-electron chi connectivity index (χ2n) is 3.29. The van der Waals surface area contributed by atoms with Crippen LogP contribution in [0.3, 0.4) is 0 Å². The minimum atomic E-state index is -2.83. The monoisotopic (exact) mass is 225 g/mol. The first-order valence-electron chi connectivity index (χ1n) is 4.36. The molecule has 1 atom stereocenters. The van der Waals surface area contributed by atoms with Crippen LogP contribution in [-0.2, 0) is 9.84 Å². The summed E-state index contributed by atoms with van der Waals surface area (Å²) < 4.78 is 21.8. The van der Waals surface area contributed by atoms with Crippen molar-refractivity contribution in [3.05, 3.63) is 0 Å². The average molecular weight is 225 g/mol. The topological polar surface area (TPSA) is 46.2 Å². The van der Waals surface area contributed by atoms with E-state index in [1.807, 2.05) is 18.7 Å². The average Bonchev–Trinajstić information content (AvgIpc) is 1.94. The molecule has 0 aromatic carbocycles. The normalized spacial score (nSPS) is 14.4. The molecule has 0 saturated heterocycles. The van der Waals surface area contributed by atoms with Crippen LogP contribution in [0.4, 0.5) is 0 Å². The summed E-state index contributed by atoms with van der Waals surface area (Å²) in [4.78, 5) is 0. The zero-order valence-electron chi connectivity index (χ0n) is 8.54. The van der Waals surface area contributed by atoms with E-state index in [1.54, 1.807) is 0 Å². The molecule has 0 aliphatic carbocycles. The SMILES string of the molecule is CSCCCNC(C)CS(C)(=O)=O. The van der Waals surface area contributed by atoms with Gasteiger partial charge < -0.3 is 5.32 Å². The van der Waals surface area contributed by atoms with Crippen molar-refractivity contribution in [3.8, 4) is 0 Å². The lowest BCUT2D eigenvalue weighted by molar-refractivity contribution is 0.559. The first-order valence-corrected chi connectivity index (χ1v) is 7.81. The number of hydrogen-bond acceptors (Lipinski definition) is 4. The van der Waals surface area contributed by atoms with Gasteiger partial charge >= 0.3 is 0 Å². The van der Waals surface area contributed by atoms with E-state index in [-0.39, 0.29) is 11.8 Å². The fourth-order valence-corrected chi connectivity index (χ4v) is 2.54. The largest absolute Gasteiger partial charge is 0.313 e. The lowest BCUT2D eigenvalue weighted by Crippen LogP contribution is -2.33. The first kappa shape index (κ1) is 13.3. The summed E-state index contributed by atoms with van der Waals surface area (Å²) >= 11 is 1.81. The Labute approximate surface area is 85.6 Å². The fraction of sp³-hybridized carbons (Fsp3) is 1.00. The van der Waals surface area contributed by atoms with E-state index in [0.717, 1.165) is 18.7 Å². The van der Waals surface area contributed by atoms with Gasteiger partial charge in [0, 0.05) is 12.3 Å². The first-order chi connectivity index (χ1) is 5.95. The fourth-order valence-electron chi connectivity index (χ4n) is 1.08. The summed E-state index contributed by atoms with van der Waals surface area (Å²) in [6, 6.07) is 0.0665. The van der Waals surface area contributed by atoms with E-state index in [2.05, 4.69) is 11.6 Å². The quantitative estimate of drug-likeness (QED) is 0.650. The summed E-state index contributed by atoms with van der Waals surface area (Å²) in [5.74, 6) is 1.35. The van der Waals surface area contributed by atoms with Gasteiger partial charge in [0.1, 0.15) is 9.84 Å². The van der Waals surface area contributed by atoms with Gasteiger partial charge in [-0.3, -0.25) is 0 Å². The van der Waals surface area contributed by atoms with Gasteiger partial charge in [-0.1, -0.05) is 0 Å². The minimum absolute atomic E-state index is 0.0665. The second kappa shape index (κ2) is 6.68. The Morgan fingerprint density at radius 2 is 2.08 bits per heavy atom. The molecule has 0 aliphatic heterocycles. The molecular formula is C8H19NO2S2. The van der Waals surface area contributed by atoms with Gasteiger partial charge in [-0.15, -0.1) is 0 Å². The molecule has 3 nitrogen and oxygen atoms in total. The van der Waals surface area contributed by atoms with Crippen molar-refractivity contribution in [2.24, 2.45) is 0 Å². The Bertz CT molecular complexity index is 214. The van der Waals surface area contributed by atoms with E-state index in [4.69, 9.17) is 0 Å². The van der Waals surface area contributed by atoms with E-state index in [9.17, 15) is 8.42 Å². The van der Waals surface area contributed by atoms with Gasteiger partial charge in [-0.2, -0.15) is 11.8 Å². The molecule has 0 heterocycles. The molecule has 0 aliphatic rings. The second-order valence-corrected chi connectivity index (χ2v) is 6.46. The number of rotatable bonds is 7. The molecule has 13 heavy (non-hydrogen) atoms. The van der Waals surface area contributed by atoms with Gasteiger partial charge in [0.15, 0.2) is 0 Å². The van der Waals surface area contributed by atoms with E-state index in [0.29, 0.717) is 0 Å². The minimum Gasteiger partial charge on any atom is -0.313 e. The van der Waals surface area contributed by atoms with Gasteiger partial charge in [-0.05, 0) is 31.9 Å². The zero-order chi connectivity index (χ0) is 10.3. The molecule has 0 radical (unpaired) electrons. The predicted octanol–water partition coefficient (Wildman–Crippen LogP) is 0.762. The molecule has 0 aromatic heterocycles. The van der Waals surface area contributed by atoms with Crippen LogP contribution < -0.4 is 5.32 Å². The van der Waals surface area contributed by atoms with Crippen LogP contribution in [-0.4, -0.2) is 45.0 Å². The van der Waals surface area contributed by atoms with Crippen LogP contribution in [0.15, 0.2) is 0 Å². The van der Waals surface area contributed by atoms with Crippen LogP contribution in [0.25, 0.3) is 0 Å². The van der Waals surface area contributed by atoms with Gasteiger partial charge in [0.25, 0.3) is 0 Å². The Balaban J connectivity index is 3.47. The Kier molecular flexibility index (Phi) is 6.81. The molecule has 0 amide bonds. The van der Waals surface area contributed by atoms with E-state index in [1.165, 1.54) is 6.26 Å². The molecule has 0 saturated carbocycles.